The van der Waals surface area contributed by atoms with E-state index in [1.54, 1.807) is 37.1 Å². The Labute approximate surface area is 152 Å². The molecule has 2 aromatic rings. The average molecular weight is 364 g/mol. The molecule has 0 radical (unpaired) electrons. The lowest BCUT2D eigenvalue weighted by Gasteiger charge is -2.10. The van der Waals surface area contributed by atoms with Crippen LogP contribution in [0.25, 0.3) is 0 Å². The number of carbonyl (C=O) groups excluding carboxylic acids is 1. The highest BCUT2D eigenvalue weighted by Gasteiger charge is 2.08. The number of hydrogen-bond acceptors (Lipinski definition) is 3. The third kappa shape index (κ3) is 5.46. The standard InChI is InChI=1S/C19H22ClNO2S/c1-13(2)15-6-4-14(5-7-15)11-24-12-19(22)21-17-10-16(20)8-9-18(17)23-3/h4-10,13H,11-12H2,1-3H3,(H,21,22). The van der Waals surface area contributed by atoms with Crippen molar-refractivity contribution in [1.29, 1.82) is 0 Å². The zero-order chi connectivity index (χ0) is 17.5. The van der Waals surface area contributed by atoms with Crippen molar-refractivity contribution in [2.75, 3.05) is 18.2 Å². The van der Waals surface area contributed by atoms with Gasteiger partial charge in [-0.25, -0.2) is 0 Å². The summed E-state index contributed by atoms with van der Waals surface area (Å²) in [5, 5.41) is 3.40. The van der Waals surface area contributed by atoms with E-state index >= 15 is 0 Å². The molecule has 0 aliphatic rings. The number of hydrogen-bond donors (Lipinski definition) is 1. The second-order valence-electron chi connectivity index (χ2n) is 5.78. The molecule has 0 heterocycles. The summed E-state index contributed by atoms with van der Waals surface area (Å²) in [5.41, 5.74) is 3.14. The molecule has 0 spiro atoms. The van der Waals surface area contributed by atoms with E-state index < -0.39 is 0 Å². The van der Waals surface area contributed by atoms with Crippen molar-refractivity contribution in [3.8, 4) is 5.75 Å². The highest BCUT2D eigenvalue weighted by molar-refractivity contribution is 7.99. The van der Waals surface area contributed by atoms with Gasteiger partial charge in [-0.3, -0.25) is 4.79 Å². The predicted octanol–water partition coefficient (Wildman–Crippen LogP) is 5.34. The summed E-state index contributed by atoms with van der Waals surface area (Å²) in [6.45, 7) is 4.36. The summed E-state index contributed by atoms with van der Waals surface area (Å²) in [7, 11) is 1.56. The number of nitrogens with one attached hydrogen (secondary N) is 1. The van der Waals surface area contributed by atoms with Crippen LogP contribution in [0.4, 0.5) is 5.69 Å². The Morgan fingerprint density at radius 1 is 1.21 bits per heavy atom. The van der Waals surface area contributed by atoms with Crippen molar-refractivity contribution in [3.63, 3.8) is 0 Å². The van der Waals surface area contributed by atoms with Gasteiger partial charge in [0.05, 0.1) is 18.6 Å². The number of anilines is 1. The fraction of sp³-hybridized carbons (Fsp3) is 0.316. The summed E-state index contributed by atoms with van der Waals surface area (Å²) in [6.07, 6.45) is 0. The second kappa shape index (κ2) is 9.00. The molecule has 0 unspecified atom stereocenters. The Morgan fingerprint density at radius 3 is 2.54 bits per heavy atom. The van der Waals surface area contributed by atoms with E-state index in [9.17, 15) is 4.79 Å². The van der Waals surface area contributed by atoms with Crippen LogP contribution in [-0.2, 0) is 10.5 Å². The number of carbonyl (C=O) groups is 1. The van der Waals surface area contributed by atoms with E-state index in [0.717, 1.165) is 5.75 Å². The van der Waals surface area contributed by atoms with Gasteiger partial charge in [-0.2, -0.15) is 0 Å². The smallest absolute Gasteiger partial charge is 0.234 e. The van der Waals surface area contributed by atoms with E-state index in [-0.39, 0.29) is 5.91 Å². The van der Waals surface area contributed by atoms with Crippen LogP contribution in [0, 0.1) is 0 Å². The van der Waals surface area contributed by atoms with Gasteiger partial charge >= 0.3 is 0 Å². The van der Waals surface area contributed by atoms with Gasteiger partial charge in [0.2, 0.25) is 5.91 Å². The second-order valence-corrected chi connectivity index (χ2v) is 7.20. The van der Waals surface area contributed by atoms with Crippen LogP contribution in [0.15, 0.2) is 42.5 Å². The van der Waals surface area contributed by atoms with Crippen LogP contribution < -0.4 is 10.1 Å². The van der Waals surface area contributed by atoms with Gasteiger partial charge < -0.3 is 10.1 Å². The first-order chi connectivity index (χ1) is 11.5. The lowest BCUT2D eigenvalue weighted by atomic mass is 10.0. The Morgan fingerprint density at radius 2 is 1.92 bits per heavy atom. The summed E-state index contributed by atoms with van der Waals surface area (Å²) >= 11 is 7.54. The van der Waals surface area contributed by atoms with E-state index in [4.69, 9.17) is 16.3 Å². The normalized spacial score (nSPS) is 10.7. The summed E-state index contributed by atoms with van der Waals surface area (Å²) in [4.78, 5) is 12.1. The van der Waals surface area contributed by atoms with Crippen molar-refractivity contribution in [3.05, 3.63) is 58.6 Å². The molecule has 0 saturated heterocycles. The van der Waals surface area contributed by atoms with Crippen molar-refractivity contribution < 1.29 is 9.53 Å². The number of benzene rings is 2. The first-order valence-electron chi connectivity index (χ1n) is 7.79. The van der Waals surface area contributed by atoms with Crippen LogP contribution in [-0.4, -0.2) is 18.8 Å². The zero-order valence-corrected chi connectivity index (χ0v) is 15.7. The number of amides is 1. The van der Waals surface area contributed by atoms with Crippen LogP contribution in [0.5, 0.6) is 5.75 Å². The molecule has 0 aromatic heterocycles. The Hall–Kier alpha value is -1.65. The van der Waals surface area contributed by atoms with Crippen molar-refractivity contribution in [2.24, 2.45) is 0 Å². The van der Waals surface area contributed by atoms with Crippen molar-refractivity contribution in [2.45, 2.75) is 25.5 Å². The minimum Gasteiger partial charge on any atom is -0.495 e. The van der Waals surface area contributed by atoms with Gasteiger partial charge in [-0.05, 0) is 35.2 Å². The maximum atomic E-state index is 12.1. The topological polar surface area (TPSA) is 38.3 Å². The molecule has 0 fully saturated rings. The highest BCUT2D eigenvalue weighted by Crippen LogP contribution is 2.28. The maximum Gasteiger partial charge on any atom is 0.234 e. The largest absolute Gasteiger partial charge is 0.495 e. The van der Waals surface area contributed by atoms with E-state index in [1.165, 1.54) is 11.1 Å². The van der Waals surface area contributed by atoms with Crippen LogP contribution in [0.2, 0.25) is 5.02 Å². The summed E-state index contributed by atoms with van der Waals surface area (Å²) in [6, 6.07) is 13.7. The molecular weight excluding hydrogens is 342 g/mol. The molecule has 0 atom stereocenters. The van der Waals surface area contributed by atoms with Crippen LogP contribution >= 0.6 is 23.4 Å². The van der Waals surface area contributed by atoms with Gasteiger partial charge in [0.25, 0.3) is 0 Å². The molecule has 0 bridgehead atoms. The van der Waals surface area contributed by atoms with Crippen LogP contribution in [0.3, 0.4) is 0 Å². The Kier molecular flexibility index (Phi) is 7.00. The monoisotopic (exact) mass is 363 g/mol. The lowest BCUT2D eigenvalue weighted by molar-refractivity contribution is -0.113. The van der Waals surface area contributed by atoms with Gasteiger partial charge in [-0.1, -0.05) is 49.7 Å². The van der Waals surface area contributed by atoms with E-state index in [2.05, 4.69) is 43.4 Å². The highest BCUT2D eigenvalue weighted by atomic mass is 35.5. The molecule has 0 aliphatic carbocycles. The molecule has 2 aromatic carbocycles. The molecule has 24 heavy (non-hydrogen) atoms. The summed E-state index contributed by atoms with van der Waals surface area (Å²) < 4.78 is 5.23. The first-order valence-corrected chi connectivity index (χ1v) is 9.33. The number of halogens is 1. The molecule has 1 amide bonds. The van der Waals surface area contributed by atoms with E-state index in [1.807, 2.05) is 0 Å². The first kappa shape index (κ1) is 18.7. The SMILES string of the molecule is COc1ccc(Cl)cc1NC(=O)CSCc1ccc(C(C)C)cc1. The lowest BCUT2D eigenvalue weighted by Crippen LogP contribution is -2.14. The average Bonchev–Trinajstić information content (AvgIpc) is 2.55. The third-order valence-electron chi connectivity index (χ3n) is 3.58. The molecule has 2 rings (SSSR count). The van der Waals surface area contributed by atoms with Gasteiger partial charge in [0, 0.05) is 10.8 Å². The fourth-order valence-electron chi connectivity index (χ4n) is 2.22. The minimum atomic E-state index is -0.0700. The maximum absolute atomic E-state index is 12.1. The molecule has 1 N–H and O–H groups in total. The predicted molar refractivity (Wildman–Crippen MR) is 103 cm³/mol. The molecule has 5 heteroatoms. The molecular formula is C19H22ClNO2S. The van der Waals surface area contributed by atoms with Gasteiger partial charge in [0.1, 0.15) is 5.75 Å². The van der Waals surface area contributed by atoms with Crippen LogP contribution in [0.1, 0.15) is 30.9 Å². The molecule has 0 aliphatic heterocycles. The number of rotatable bonds is 7. The summed E-state index contributed by atoms with van der Waals surface area (Å²) in [5.74, 6) is 2.24. The van der Waals surface area contributed by atoms with E-state index in [0.29, 0.717) is 28.1 Å². The van der Waals surface area contributed by atoms with Gasteiger partial charge in [0.15, 0.2) is 0 Å². The Bertz CT molecular complexity index is 686. The minimum absolute atomic E-state index is 0.0700. The quantitative estimate of drug-likeness (QED) is 0.721. The molecule has 3 nitrogen and oxygen atoms in total. The third-order valence-corrected chi connectivity index (χ3v) is 4.82. The van der Waals surface area contributed by atoms with Crippen molar-refractivity contribution in [1.82, 2.24) is 0 Å². The number of ether oxygens (including phenoxy) is 1. The Balaban J connectivity index is 1.84. The van der Waals surface area contributed by atoms with Crippen molar-refractivity contribution >= 4 is 35.0 Å². The zero-order valence-electron chi connectivity index (χ0n) is 14.1. The number of methoxy groups -OCH3 is 1. The number of thioether (sulfide) groups is 1. The molecule has 128 valence electrons. The molecule has 0 saturated carbocycles. The fourth-order valence-corrected chi connectivity index (χ4v) is 3.18. The van der Waals surface area contributed by atoms with Gasteiger partial charge in [-0.15, -0.1) is 11.8 Å².